The van der Waals surface area contributed by atoms with E-state index >= 15 is 0 Å². The molecular formula is C10H24LiO3PS. The van der Waals surface area contributed by atoms with Gasteiger partial charge in [0.1, 0.15) is 0 Å². The van der Waals surface area contributed by atoms with E-state index in [4.69, 9.17) is 4.55 Å². The van der Waals surface area contributed by atoms with E-state index in [1.54, 1.807) is 0 Å². The van der Waals surface area contributed by atoms with Gasteiger partial charge >= 0.3 is 18.9 Å². The van der Waals surface area contributed by atoms with Gasteiger partial charge in [0.05, 0.1) is 5.75 Å². The van der Waals surface area contributed by atoms with Crippen LogP contribution in [0.4, 0.5) is 0 Å². The van der Waals surface area contributed by atoms with Crippen LogP contribution >= 0.6 is 7.92 Å². The molecule has 0 amide bonds. The van der Waals surface area contributed by atoms with Gasteiger partial charge in [0.25, 0.3) is 10.1 Å². The van der Waals surface area contributed by atoms with Gasteiger partial charge in [-0.15, -0.1) is 0 Å². The molecule has 0 aliphatic heterocycles. The SMILES string of the molecule is CC(C)P(C(C)C)C(C)CCS(=O)(=O)O.[LiH]. The van der Waals surface area contributed by atoms with Crippen molar-refractivity contribution in [3.8, 4) is 0 Å². The van der Waals surface area contributed by atoms with Crippen molar-refractivity contribution in [3.63, 3.8) is 0 Å². The van der Waals surface area contributed by atoms with Gasteiger partial charge in [-0.1, -0.05) is 42.5 Å². The molecule has 0 saturated heterocycles. The first-order valence-corrected chi connectivity index (χ1v) is 8.53. The van der Waals surface area contributed by atoms with E-state index in [2.05, 4.69) is 34.6 Å². The quantitative estimate of drug-likeness (QED) is 0.454. The molecule has 1 unspecified atom stereocenters. The Hall–Kier alpha value is 0.937. The van der Waals surface area contributed by atoms with E-state index < -0.39 is 10.1 Å². The van der Waals surface area contributed by atoms with E-state index in [0.29, 0.717) is 23.4 Å². The number of hydrogen-bond acceptors (Lipinski definition) is 2. The molecule has 0 bridgehead atoms. The average molecular weight is 262 g/mol. The van der Waals surface area contributed by atoms with Crippen molar-refractivity contribution in [2.75, 3.05) is 5.75 Å². The molecule has 3 nitrogen and oxygen atoms in total. The monoisotopic (exact) mass is 262 g/mol. The summed E-state index contributed by atoms with van der Waals surface area (Å²) in [6, 6.07) is 0. The summed E-state index contributed by atoms with van der Waals surface area (Å²) >= 11 is 0. The number of hydrogen-bond donors (Lipinski definition) is 1. The van der Waals surface area contributed by atoms with E-state index in [9.17, 15) is 8.42 Å². The molecule has 0 aliphatic carbocycles. The Balaban J connectivity index is 0. The Kier molecular flexibility index (Phi) is 9.78. The van der Waals surface area contributed by atoms with Crippen molar-refractivity contribution in [2.24, 2.45) is 0 Å². The van der Waals surface area contributed by atoms with Gasteiger partial charge in [0, 0.05) is 0 Å². The van der Waals surface area contributed by atoms with Crippen LogP contribution in [-0.2, 0) is 10.1 Å². The van der Waals surface area contributed by atoms with Crippen LogP contribution in [0.3, 0.4) is 0 Å². The summed E-state index contributed by atoms with van der Waals surface area (Å²) < 4.78 is 30.0. The predicted molar refractivity (Wildman–Crippen MR) is 74.8 cm³/mol. The summed E-state index contributed by atoms with van der Waals surface area (Å²) in [7, 11) is -3.96. The molecular weight excluding hydrogens is 238 g/mol. The molecule has 0 aliphatic rings. The summed E-state index contributed by atoms with van der Waals surface area (Å²) in [6.45, 7) is 10.9. The summed E-state index contributed by atoms with van der Waals surface area (Å²) in [4.78, 5) is 0. The Morgan fingerprint density at radius 3 is 1.69 bits per heavy atom. The van der Waals surface area contributed by atoms with E-state index in [1.165, 1.54) is 0 Å². The molecule has 0 spiro atoms. The number of rotatable bonds is 6. The zero-order chi connectivity index (χ0) is 12.2. The molecule has 0 aromatic carbocycles. The van der Waals surface area contributed by atoms with Crippen LogP contribution in [0.1, 0.15) is 41.0 Å². The fourth-order valence-electron chi connectivity index (χ4n) is 2.08. The van der Waals surface area contributed by atoms with Gasteiger partial charge < -0.3 is 0 Å². The van der Waals surface area contributed by atoms with E-state index in [1.807, 2.05) is 0 Å². The summed E-state index contributed by atoms with van der Waals surface area (Å²) in [5.41, 5.74) is 1.61. The third-order valence-electron chi connectivity index (χ3n) is 2.50. The third kappa shape index (κ3) is 8.09. The van der Waals surface area contributed by atoms with Gasteiger partial charge in [0.2, 0.25) is 0 Å². The van der Waals surface area contributed by atoms with Crippen molar-refractivity contribution in [3.05, 3.63) is 0 Å². The Morgan fingerprint density at radius 2 is 1.44 bits per heavy atom. The fourth-order valence-corrected chi connectivity index (χ4v) is 6.56. The van der Waals surface area contributed by atoms with Crippen molar-refractivity contribution in [2.45, 2.75) is 58.0 Å². The molecule has 0 saturated carbocycles. The molecule has 94 valence electrons. The maximum atomic E-state index is 10.7. The molecule has 6 heteroatoms. The normalized spacial score (nSPS) is 14.3. The molecule has 16 heavy (non-hydrogen) atoms. The van der Waals surface area contributed by atoms with Gasteiger partial charge in [-0.3, -0.25) is 4.55 Å². The van der Waals surface area contributed by atoms with Gasteiger partial charge in [0.15, 0.2) is 0 Å². The third-order valence-corrected chi connectivity index (χ3v) is 6.91. The van der Waals surface area contributed by atoms with Gasteiger partial charge in [-0.2, -0.15) is 8.42 Å². The maximum absolute atomic E-state index is 10.7. The van der Waals surface area contributed by atoms with Crippen LogP contribution in [0.25, 0.3) is 0 Å². The topological polar surface area (TPSA) is 54.4 Å². The molecule has 1 atom stereocenters. The molecule has 0 aromatic heterocycles. The summed E-state index contributed by atoms with van der Waals surface area (Å²) in [5.74, 6) is -0.105. The average Bonchev–Trinajstić information content (AvgIpc) is 1.97. The van der Waals surface area contributed by atoms with Crippen LogP contribution in [0.15, 0.2) is 0 Å². The molecule has 0 radical (unpaired) electrons. The van der Waals surface area contributed by atoms with E-state index in [-0.39, 0.29) is 32.5 Å². The van der Waals surface area contributed by atoms with E-state index in [0.717, 1.165) is 0 Å². The van der Waals surface area contributed by atoms with Gasteiger partial charge in [-0.25, -0.2) is 0 Å². The Bertz CT molecular complexity index is 270. The van der Waals surface area contributed by atoms with Crippen molar-refractivity contribution in [1.82, 2.24) is 0 Å². The summed E-state index contributed by atoms with van der Waals surface area (Å²) in [6.07, 6.45) is 0.570. The molecule has 0 fully saturated rings. The molecule has 0 heterocycles. The first kappa shape index (κ1) is 19.3. The minimum atomic E-state index is -3.79. The second kappa shape index (κ2) is 8.11. The first-order valence-electron chi connectivity index (χ1n) is 5.37. The molecule has 1 N–H and O–H groups in total. The minimum absolute atomic E-state index is 0. The molecule has 0 aromatic rings. The Morgan fingerprint density at radius 1 is 1.06 bits per heavy atom. The first-order chi connectivity index (χ1) is 6.65. The van der Waals surface area contributed by atoms with Crippen LogP contribution in [0.2, 0.25) is 0 Å². The van der Waals surface area contributed by atoms with Crippen molar-refractivity contribution >= 4 is 36.9 Å². The van der Waals surface area contributed by atoms with Crippen LogP contribution in [-0.4, -0.2) is 54.6 Å². The second-order valence-electron chi connectivity index (χ2n) is 4.56. The standard InChI is InChI=1S/C10H23O3PS.Li.H/c1-8(2)14(9(3)4)10(5)6-7-15(11,12)13;;/h8-10H,6-7H2,1-5H3,(H,11,12,13);;. The van der Waals surface area contributed by atoms with Crippen molar-refractivity contribution < 1.29 is 13.0 Å². The van der Waals surface area contributed by atoms with Crippen molar-refractivity contribution in [1.29, 1.82) is 0 Å². The zero-order valence-electron chi connectivity index (χ0n) is 10.3. The molecule has 0 rings (SSSR count). The van der Waals surface area contributed by atoms with Gasteiger partial charge in [-0.05, 0) is 23.4 Å². The zero-order valence-corrected chi connectivity index (χ0v) is 12.0. The Labute approximate surface area is 113 Å². The van der Waals surface area contributed by atoms with Crippen LogP contribution in [0.5, 0.6) is 0 Å². The second-order valence-corrected chi connectivity index (χ2v) is 9.97. The summed E-state index contributed by atoms with van der Waals surface area (Å²) in [5, 5.41) is 0. The predicted octanol–water partition coefficient (Wildman–Crippen LogP) is 2.30. The van der Waals surface area contributed by atoms with Crippen LogP contribution in [0, 0.1) is 0 Å². The fraction of sp³-hybridized carbons (Fsp3) is 1.00. The van der Waals surface area contributed by atoms with Crippen LogP contribution < -0.4 is 0 Å².